The van der Waals surface area contributed by atoms with E-state index in [2.05, 4.69) is 10.3 Å². The number of carbonyl (C=O) groups is 1. The average Bonchev–Trinajstić information content (AvgIpc) is 2.48. The van der Waals surface area contributed by atoms with Crippen molar-refractivity contribution in [2.75, 3.05) is 44.7 Å². The van der Waals surface area contributed by atoms with Gasteiger partial charge in [0.05, 0.1) is 17.5 Å². The first-order chi connectivity index (χ1) is 9.99. The Bertz CT molecular complexity index is 543. The van der Waals surface area contributed by atoms with E-state index in [0.29, 0.717) is 24.5 Å². The molecule has 1 aromatic heterocycles. The fourth-order valence-corrected chi connectivity index (χ4v) is 2.21. The lowest BCUT2D eigenvalue weighted by Crippen LogP contribution is -2.49. The summed E-state index contributed by atoms with van der Waals surface area (Å²) in [5.74, 6) is 0.430. The Kier molecular flexibility index (Phi) is 4.69. The number of aryl methyl sites for hydroxylation is 1. The molecule has 0 atom stereocenters. The maximum Gasteiger partial charge on any atom is 0.277 e. The molecule has 21 heavy (non-hydrogen) atoms. The van der Waals surface area contributed by atoms with Crippen LogP contribution in [0.4, 0.5) is 11.5 Å². The molecule has 0 saturated carbocycles. The molecule has 0 unspecified atom stereocenters. The van der Waals surface area contributed by atoms with E-state index in [9.17, 15) is 14.9 Å². The summed E-state index contributed by atoms with van der Waals surface area (Å²) in [5.41, 5.74) is 0.520. The molecular weight excluding hydrogens is 274 g/mol. The van der Waals surface area contributed by atoms with Gasteiger partial charge in [0.15, 0.2) is 0 Å². The smallest absolute Gasteiger partial charge is 0.277 e. The molecule has 2 heterocycles. The third-order valence-electron chi connectivity index (χ3n) is 3.49. The van der Waals surface area contributed by atoms with E-state index >= 15 is 0 Å². The average molecular weight is 293 g/mol. The molecular formula is C13H19N5O3. The predicted octanol–water partition coefficient (Wildman–Crippen LogP) is 0.166. The standard InChI is InChI=1S/C13H19N5O3/c1-10-8-15-12(7-11(10)18(20)21)16(2)9-13(19)17-5-3-14-4-6-17/h7-8,14H,3-6,9H2,1-2H3. The van der Waals surface area contributed by atoms with E-state index in [1.165, 1.54) is 12.3 Å². The minimum absolute atomic E-state index is 0.00373. The van der Waals surface area contributed by atoms with Crippen molar-refractivity contribution >= 4 is 17.4 Å². The number of hydrogen-bond donors (Lipinski definition) is 1. The Morgan fingerprint density at radius 1 is 1.52 bits per heavy atom. The van der Waals surface area contributed by atoms with Gasteiger partial charge in [0.2, 0.25) is 5.91 Å². The van der Waals surface area contributed by atoms with Gasteiger partial charge in [-0.2, -0.15) is 0 Å². The summed E-state index contributed by atoms with van der Waals surface area (Å²) >= 11 is 0. The number of hydrogen-bond acceptors (Lipinski definition) is 6. The SMILES string of the molecule is Cc1cnc(N(C)CC(=O)N2CCNCC2)cc1[N+](=O)[O-]. The van der Waals surface area contributed by atoms with Crippen molar-refractivity contribution in [1.29, 1.82) is 0 Å². The summed E-state index contributed by atoms with van der Waals surface area (Å²) in [6.07, 6.45) is 1.46. The van der Waals surface area contributed by atoms with Gasteiger partial charge in [-0.15, -0.1) is 0 Å². The maximum absolute atomic E-state index is 12.2. The zero-order valence-corrected chi connectivity index (χ0v) is 12.2. The van der Waals surface area contributed by atoms with Gasteiger partial charge in [-0.3, -0.25) is 14.9 Å². The number of piperazine rings is 1. The highest BCUT2D eigenvalue weighted by Gasteiger charge is 2.20. The summed E-state index contributed by atoms with van der Waals surface area (Å²) in [6.45, 7) is 4.77. The first-order valence-corrected chi connectivity index (χ1v) is 6.79. The van der Waals surface area contributed by atoms with Crippen LogP contribution in [0.3, 0.4) is 0 Å². The quantitative estimate of drug-likeness (QED) is 0.628. The molecule has 0 aliphatic carbocycles. The van der Waals surface area contributed by atoms with Crippen LogP contribution >= 0.6 is 0 Å². The summed E-state index contributed by atoms with van der Waals surface area (Å²) in [4.78, 5) is 30.2. The Morgan fingerprint density at radius 3 is 2.81 bits per heavy atom. The minimum atomic E-state index is -0.438. The molecule has 1 fully saturated rings. The topological polar surface area (TPSA) is 91.6 Å². The van der Waals surface area contributed by atoms with Crippen LogP contribution in [0, 0.1) is 17.0 Å². The first-order valence-electron chi connectivity index (χ1n) is 6.79. The van der Waals surface area contributed by atoms with Crippen LogP contribution in [0.2, 0.25) is 0 Å². The first kappa shape index (κ1) is 15.2. The molecule has 8 nitrogen and oxygen atoms in total. The summed E-state index contributed by atoms with van der Waals surface area (Å²) in [6, 6.07) is 1.40. The third-order valence-corrected chi connectivity index (χ3v) is 3.49. The minimum Gasteiger partial charge on any atom is -0.350 e. The van der Waals surface area contributed by atoms with Crippen LogP contribution < -0.4 is 10.2 Å². The lowest BCUT2D eigenvalue weighted by atomic mass is 10.2. The van der Waals surface area contributed by atoms with Crippen molar-refractivity contribution in [3.63, 3.8) is 0 Å². The second kappa shape index (κ2) is 6.49. The largest absolute Gasteiger partial charge is 0.350 e. The number of nitrogens with one attached hydrogen (secondary N) is 1. The second-order valence-electron chi connectivity index (χ2n) is 5.07. The molecule has 1 aliphatic heterocycles. The van der Waals surface area contributed by atoms with Crippen molar-refractivity contribution in [1.82, 2.24) is 15.2 Å². The van der Waals surface area contributed by atoms with Gasteiger partial charge in [0.1, 0.15) is 5.82 Å². The molecule has 0 spiro atoms. The molecule has 1 amide bonds. The fourth-order valence-electron chi connectivity index (χ4n) is 2.21. The predicted molar refractivity (Wildman–Crippen MR) is 78.3 cm³/mol. The molecule has 1 N–H and O–H groups in total. The Hall–Kier alpha value is -2.22. The maximum atomic E-state index is 12.2. The van der Waals surface area contributed by atoms with Gasteiger partial charge >= 0.3 is 0 Å². The third kappa shape index (κ3) is 3.66. The Morgan fingerprint density at radius 2 is 2.19 bits per heavy atom. The molecule has 0 bridgehead atoms. The number of rotatable bonds is 4. The highest BCUT2D eigenvalue weighted by molar-refractivity contribution is 5.81. The van der Waals surface area contributed by atoms with Gasteiger partial charge in [-0.05, 0) is 6.92 Å². The fraction of sp³-hybridized carbons (Fsp3) is 0.538. The van der Waals surface area contributed by atoms with Gasteiger partial charge in [-0.1, -0.05) is 0 Å². The molecule has 8 heteroatoms. The summed E-state index contributed by atoms with van der Waals surface area (Å²) in [7, 11) is 1.71. The van der Waals surface area contributed by atoms with E-state index < -0.39 is 4.92 Å². The second-order valence-corrected chi connectivity index (χ2v) is 5.07. The number of carbonyl (C=O) groups excluding carboxylic acids is 1. The van der Waals surface area contributed by atoms with Crippen LogP contribution in [0.1, 0.15) is 5.56 Å². The van der Waals surface area contributed by atoms with Crippen molar-refractivity contribution in [3.05, 3.63) is 27.9 Å². The number of aromatic nitrogens is 1. The Labute approximate surface area is 122 Å². The van der Waals surface area contributed by atoms with Crippen LogP contribution in [-0.2, 0) is 4.79 Å². The number of nitro groups is 1. The number of nitrogens with zero attached hydrogens (tertiary/aromatic N) is 4. The molecule has 1 saturated heterocycles. The van der Waals surface area contributed by atoms with Crippen LogP contribution in [-0.4, -0.2) is 60.5 Å². The van der Waals surface area contributed by atoms with E-state index in [1.807, 2.05) is 0 Å². The van der Waals surface area contributed by atoms with Crippen LogP contribution in [0.15, 0.2) is 12.3 Å². The summed E-state index contributed by atoms with van der Waals surface area (Å²) < 4.78 is 0. The van der Waals surface area contributed by atoms with Gasteiger partial charge in [-0.25, -0.2) is 4.98 Å². The van der Waals surface area contributed by atoms with Gasteiger partial charge in [0, 0.05) is 45.0 Å². The monoisotopic (exact) mass is 293 g/mol. The van der Waals surface area contributed by atoms with Gasteiger partial charge in [0.25, 0.3) is 5.69 Å². The Balaban J connectivity index is 2.05. The molecule has 0 aromatic carbocycles. The van der Waals surface area contributed by atoms with E-state index in [1.54, 1.807) is 23.8 Å². The van der Waals surface area contributed by atoms with Crippen molar-refractivity contribution in [2.45, 2.75) is 6.92 Å². The molecule has 1 aromatic rings. The molecule has 0 radical (unpaired) electrons. The molecule has 2 rings (SSSR count). The highest BCUT2D eigenvalue weighted by Crippen LogP contribution is 2.21. The highest BCUT2D eigenvalue weighted by atomic mass is 16.6. The summed E-state index contributed by atoms with van der Waals surface area (Å²) in [5, 5.41) is 14.1. The van der Waals surface area contributed by atoms with E-state index in [4.69, 9.17) is 0 Å². The zero-order chi connectivity index (χ0) is 15.4. The number of amides is 1. The van der Waals surface area contributed by atoms with Crippen molar-refractivity contribution in [3.8, 4) is 0 Å². The van der Waals surface area contributed by atoms with Crippen molar-refractivity contribution in [2.24, 2.45) is 0 Å². The van der Waals surface area contributed by atoms with E-state index in [0.717, 1.165) is 13.1 Å². The number of pyridine rings is 1. The lowest BCUT2D eigenvalue weighted by molar-refractivity contribution is -0.385. The molecule has 114 valence electrons. The van der Waals surface area contributed by atoms with Crippen LogP contribution in [0.5, 0.6) is 0 Å². The number of anilines is 1. The zero-order valence-electron chi connectivity index (χ0n) is 12.2. The normalized spacial score (nSPS) is 14.9. The number of likely N-dealkylation sites (N-methyl/N-ethyl adjacent to an activating group) is 1. The van der Waals surface area contributed by atoms with E-state index in [-0.39, 0.29) is 18.1 Å². The van der Waals surface area contributed by atoms with Crippen LogP contribution in [0.25, 0.3) is 0 Å². The lowest BCUT2D eigenvalue weighted by Gasteiger charge is -2.29. The van der Waals surface area contributed by atoms with Gasteiger partial charge < -0.3 is 15.1 Å². The van der Waals surface area contributed by atoms with Crippen molar-refractivity contribution < 1.29 is 9.72 Å². The molecule has 1 aliphatic rings.